The summed E-state index contributed by atoms with van der Waals surface area (Å²) in [7, 11) is 0. The number of hydrogen-bond donors (Lipinski definition) is 2. The summed E-state index contributed by atoms with van der Waals surface area (Å²) in [6.45, 7) is 4.31. The van der Waals surface area contributed by atoms with Crippen molar-refractivity contribution in [1.82, 2.24) is 9.88 Å². The zero-order chi connectivity index (χ0) is 21.8. The van der Waals surface area contributed by atoms with Crippen LogP contribution in [0.5, 0.6) is 5.75 Å². The third kappa shape index (κ3) is 5.03. The van der Waals surface area contributed by atoms with Crippen molar-refractivity contribution in [3.8, 4) is 16.9 Å². The SMILES string of the molecule is Cc1cncc(-c2ccc(OCC(O)CN3CCC(C(N)=O)CC3)c3ccccc23)c1. The number of benzene rings is 2. The van der Waals surface area contributed by atoms with E-state index in [9.17, 15) is 9.90 Å². The second-order valence-corrected chi connectivity index (χ2v) is 8.35. The second-order valence-electron chi connectivity index (χ2n) is 8.35. The number of carbonyl (C=O) groups excluding carboxylic acids is 1. The Kier molecular flexibility index (Phi) is 6.49. The maximum atomic E-state index is 11.3. The molecule has 1 aromatic heterocycles. The molecule has 0 bridgehead atoms. The third-order valence-corrected chi connectivity index (χ3v) is 5.96. The lowest BCUT2D eigenvalue weighted by molar-refractivity contribution is -0.123. The smallest absolute Gasteiger partial charge is 0.220 e. The van der Waals surface area contributed by atoms with E-state index < -0.39 is 6.10 Å². The number of β-amino-alcohol motifs (C(OH)–C–C–N with tert-alkyl or cyclic N) is 1. The molecule has 1 aliphatic rings. The van der Waals surface area contributed by atoms with Gasteiger partial charge in [-0.2, -0.15) is 0 Å². The van der Waals surface area contributed by atoms with E-state index in [0.717, 1.165) is 59.1 Å². The van der Waals surface area contributed by atoms with Gasteiger partial charge in [0, 0.05) is 35.8 Å². The zero-order valence-electron chi connectivity index (χ0n) is 17.8. The highest BCUT2D eigenvalue weighted by atomic mass is 16.5. The van der Waals surface area contributed by atoms with Crippen LogP contribution in [0.1, 0.15) is 18.4 Å². The van der Waals surface area contributed by atoms with Gasteiger partial charge in [0.1, 0.15) is 18.5 Å². The van der Waals surface area contributed by atoms with Crippen LogP contribution in [0.4, 0.5) is 0 Å². The van der Waals surface area contributed by atoms with Gasteiger partial charge in [0.05, 0.1) is 0 Å². The maximum absolute atomic E-state index is 11.3. The Morgan fingerprint density at radius 3 is 2.65 bits per heavy atom. The lowest BCUT2D eigenvalue weighted by Gasteiger charge is -2.31. The van der Waals surface area contributed by atoms with E-state index in [1.807, 2.05) is 43.6 Å². The molecule has 2 aromatic carbocycles. The first-order chi connectivity index (χ1) is 15.0. The van der Waals surface area contributed by atoms with Crippen LogP contribution in [0, 0.1) is 12.8 Å². The number of aromatic nitrogens is 1. The number of nitrogens with zero attached hydrogens (tertiary/aromatic N) is 2. The van der Waals surface area contributed by atoms with Gasteiger partial charge in [-0.3, -0.25) is 9.78 Å². The van der Waals surface area contributed by atoms with Crippen molar-refractivity contribution >= 4 is 16.7 Å². The number of aliphatic hydroxyl groups excluding tert-OH is 1. The summed E-state index contributed by atoms with van der Waals surface area (Å²) >= 11 is 0. The summed E-state index contributed by atoms with van der Waals surface area (Å²) in [6.07, 6.45) is 4.62. The molecular formula is C25H29N3O3. The van der Waals surface area contributed by atoms with Crippen molar-refractivity contribution in [3.63, 3.8) is 0 Å². The standard InChI is InChI=1S/C25H29N3O3/c1-17-12-19(14-27-13-17)21-6-7-24(23-5-3-2-4-22(21)23)31-16-20(29)15-28-10-8-18(9-11-28)25(26)30/h2-7,12-14,18,20,29H,8-11,15-16H2,1H3,(H2,26,30). The molecule has 1 saturated heterocycles. The molecule has 1 fully saturated rings. The lowest BCUT2D eigenvalue weighted by atomic mass is 9.96. The normalized spacial score (nSPS) is 16.3. The van der Waals surface area contributed by atoms with E-state index in [1.54, 1.807) is 0 Å². The van der Waals surface area contributed by atoms with Gasteiger partial charge in [-0.25, -0.2) is 0 Å². The zero-order valence-corrected chi connectivity index (χ0v) is 17.8. The van der Waals surface area contributed by atoms with Crippen LogP contribution in [0.3, 0.4) is 0 Å². The van der Waals surface area contributed by atoms with E-state index in [-0.39, 0.29) is 18.4 Å². The van der Waals surface area contributed by atoms with Gasteiger partial charge in [0.25, 0.3) is 0 Å². The van der Waals surface area contributed by atoms with Gasteiger partial charge >= 0.3 is 0 Å². The Morgan fingerprint density at radius 1 is 1.19 bits per heavy atom. The van der Waals surface area contributed by atoms with Gasteiger partial charge in [0.2, 0.25) is 5.91 Å². The number of nitrogens with two attached hydrogens (primary N) is 1. The Hall–Kier alpha value is -2.96. The van der Waals surface area contributed by atoms with E-state index in [4.69, 9.17) is 10.5 Å². The summed E-state index contributed by atoms with van der Waals surface area (Å²) in [4.78, 5) is 17.8. The summed E-state index contributed by atoms with van der Waals surface area (Å²) < 4.78 is 6.03. The number of hydrogen-bond acceptors (Lipinski definition) is 5. The molecule has 3 aromatic rings. The molecule has 0 saturated carbocycles. The Labute approximate surface area is 182 Å². The Bertz CT molecular complexity index is 1060. The molecule has 162 valence electrons. The molecule has 6 heteroatoms. The summed E-state index contributed by atoms with van der Waals surface area (Å²) in [5, 5.41) is 12.6. The van der Waals surface area contributed by atoms with Crippen molar-refractivity contribution in [3.05, 3.63) is 60.4 Å². The monoisotopic (exact) mass is 419 g/mol. The Balaban J connectivity index is 1.43. The van der Waals surface area contributed by atoms with Crippen molar-refractivity contribution in [2.24, 2.45) is 11.7 Å². The summed E-state index contributed by atoms with van der Waals surface area (Å²) in [6, 6.07) is 14.3. The first-order valence-electron chi connectivity index (χ1n) is 10.8. The first kappa shape index (κ1) is 21.3. The highest BCUT2D eigenvalue weighted by Crippen LogP contribution is 2.34. The van der Waals surface area contributed by atoms with Gasteiger partial charge in [0.15, 0.2) is 0 Å². The predicted octanol–water partition coefficient (Wildman–Crippen LogP) is 3.15. The molecule has 1 amide bonds. The molecule has 1 aliphatic heterocycles. The van der Waals surface area contributed by atoms with Gasteiger partial charge in [-0.05, 0) is 67.6 Å². The molecule has 0 spiro atoms. The van der Waals surface area contributed by atoms with Crippen LogP contribution < -0.4 is 10.5 Å². The van der Waals surface area contributed by atoms with Crippen LogP contribution >= 0.6 is 0 Å². The molecular weight excluding hydrogens is 390 g/mol. The molecule has 0 radical (unpaired) electrons. The number of ether oxygens (including phenoxy) is 1. The fourth-order valence-corrected chi connectivity index (χ4v) is 4.29. The number of amides is 1. The van der Waals surface area contributed by atoms with E-state index in [1.165, 1.54) is 0 Å². The number of fused-ring (bicyclic) bond motifs is 1. The highest BCUT2D eigenvalue weighted by Gasteiger charge is 2.24. The first-order valence-corrected chi connectivity index (χ1v) is 10.8. The molecule has 6 nitrogen and oxygen atoms in total. The van der Waals surface area contributed by atoms with E-state index in [0.29, 0.717) is 6.54 Å². The minimum absolute atomic E-state index is 0.0434. The number of likely N-dealkylation sites (tertiary alicyclic amines) is 1. The number of rotatable bonds is 7. The number of aliphatic hydroxyl groups is 1. The molecule has 1 atom stereocenters. The predicted molar refractivity (Wildman–Crippen MR) is 122 cm³/mol. The van der Waals surface area contributed by atoms with Crippen LogP contribution in [0.2, 0.25) is 0 Å². The summed E-state index contributed by atoms with van der Waals surface area (Å²) in [5.41, 5.74) is 8.69. The molecule has 1 unspecified atom stereocenters. The number of carbonyl (C=O) groups is 1. The average Bonchev–Trinajstić information content (AvgIpc) is 2.78. The van der Waals surface area contributed by atoms with Crippen molar-refractivity contribution in [2.45, 2.75) is 25.9 Å². The van der Waals surface area contributed by atoms with Gasteiger partial charge < -0.3 is 20.5 Å². The van der Waals surface area contributed by atoms with Gasteiger partial charge in [-0.15, -0.1) is 0 Å². The van der Waals surface area contributed by atoms with Gasteiger partial charge in [-0.1, -0.05) is 24.3 Å². The van der Waals surface area contributed by atoms with Crippen LogP contribution in [-0.4, -0.2) is 53.2 Å². The Morgan fingerprint density at radius 2 is 1.94 bits per heavy atom. The number of aryl methyl sites for hydroxylation is 1. The maximum Gasteiger partial charge on any atom is 0.220 e. The fraction of sp³-hybridized carbons (Fsp3) is 0.360. The van der Waals surface area contributed by atoms with Crippen LogP contribution in [-0.2, 0) is 4.79 Å². The second kappa shape index (κ2) is 9.45. The highest BCUT2D eigenvalue weighted by molar-refractivity contribution is 6.00. The number of piperidine rings is 1. The van der Waals surface area contributed by atoms with Crippen molar-refractivity contribution in [1.29, 1.82) is 0 Å². The molecule has 0 aliphatic carbocycles. The average molecular weight is 420 g/mol. The number of pyridine rings is 1. The molecule has 31 heavy (non-hydrogen) atoms. The topological polar surface area (TPSA) is 88.7 Å². The van der Waals surface area contributed by atoms with E-state index in [2.05, 4.69) is 28.1 Å². The minimum atomic E-state index is -0.607. The van der Waals surface area contributed by atoms with Crippen LogP contribution in [0.25, 0.3) is 21.9 Å². The molecule has 3 N–H and O–H groups in total. The molecule has 2 heterocycles. The number of primary amides is 1. The third-order valence-electron chi connectivity index (χ3n) is 5.96. The summed E-state index contributed by atoms with van der Waals surface area (Å²) in [5.74, 6) is 0.491. The fourth-order valence-electron chi connectivity index (χ4n) is 4.29. The van der Waals surface area contributed by atoms with Crippen molar-refractivity contribution in [2.75, 3.05) is 26.2 Å². The minimum Gasteiger partial charge on any atom is -0.490 e. The lowest BCUT2D eigenvalue weighted by Crippen LogP contribution is -2.43. The van der Waals surface area contributed by atoms with E-state index >= 15 is 0 Å². The quantitative estimate of drug-likeness (QED) is 0.614. The largest absolute Gasteiger partial charge is 0.490 e. The van der Waals surface area contributed by atoms with Crippen LogP contribution in [0.15, 0.2) is 54.9 Å². The van der Waals surface area contributed by atoms with Crippen molar-refractivity contribution < 1.29 is 14.6 Å². The molecule has 4 rings (SSSR count).